The van der Waals surface area contributed by atoms with Crippen LogP contribution in [0.5, 0.6) is 0 Å². The molecule has 4 heterocycles. The molecular weight excluding hydrogens is 362 g/mol. The number of thiophene rings is 1. The summed E-state index contributed by atoms with van der Waals surface area (Å²) in [6, 6.07) is 10.5. The first-order valence-electron chi connectivity index (χ1n) is 8.20. The van der Waals surface area contributed by atoms with Crippen molar-refractivity contribution in [2.75, 3.05) is 7.11 Å². The van der Waals surface area contributed by atoms with Gasteiger partial charge in [-0.3, -0.25) is 4.79 Å². The molecule has 7 heteroatoms. The molecule has 0 fully saturated rings. The zero-order valence-corrected chi connectivity index (χ0v) is 15.5. The SMILES string of the molecule is COC(=O)c1cccc(C(=O)c2c(-c3ccsc3)nn3cc(C)ccc23)n1. The van der Waals surface area contributed by atoms with Crippen molar-refractivity contribution in [1.29, 1.82) is 0 Å². The number of ketones is 1. The van der Waals surface area contributed by atoms with Crippen LogP contribution in [0.25, 0.3) is 16.8 Å². The molecule has 0 N–H and O–H groups in total. The summed E-state index contributed by atoms with van der Waals surface area (Å²) in [6.45, 7) is 1.97. The number of pyridine rings is 2. The van der Waals surface area contributed by atoms with Crippen LogP contribution in [0.2, 0.25) is 0 Å². The van der Waals surface area contributed by atoms with Gasteiger partial charge >= 0.3 is 5.97 Å². The van der Waals surface area contributed by atoms with Gasteiger partial charge in [-0.1, -0.05) is 12.1 Å². The lowest BCUT2D eigenvalue weighted by Crippen LogP contribution is -2.10. The molecule has 27 heavy (non-hydrogen) atoms. The van der Waals surface area contributed by atoms with Gasteiger partial charge in [-0.25, -0.2) is 14.3 Å². The highest BCUT2D eigenvalue weighted by Gasteiger charge is 2.24. The Balaban J connectivity index is 1.91. The number of carbonyl (C=O) groups excluding carboxylic acids is 2. The average molecular weight is 377 g/mol. The van der Waals surface area contributed by atoms with Gasteiger partial charge in [0.2, 0.25) is 5.78 Å². The number of nitrogens with zero attached hydrogens (tertiary/aromatic N) is 3. The van der Waals surface area contributed by atoms with Crippen molar-refractivity contribution >= 4 is 28.6 Å². The van der Waals surface area contributed by atoms with Gasteiger partial charge in [0.25, 0.3) is 0 Å². The number of fused-ring (bicyclic) bond motifs is 1. The van der Waals surface area contributed by atoms with Crippen LogP contribution < -0.4 is 0 Å². The maximum absolute atomic E-state index is 13.3. The maximum atomic E-state index is 13.3. The monoisotopic (exact) mass is 377 g/mol. The fourth-order valence-electron chi connectivity index (χ4n) is 2.88. The van der Waals surface area contributed by atoms with E-state index in [1.165, 1.54) is 24.5 Å². The van der Waals surface area contributed by atoms with Crippen LogP contribution in [0, 0.1) is 6.92 Å². The van der Waals surface area contributed by atoms with E-state index >= 15 is 0 Å². The molecular formula is C20H15N3O3S. The van der Waals surface area contributed by atoms with E-state index in [0.29, 0.717) is 16.8 Å². The van der Waals surface area contributed by atoms with Gasteiger partial charge in [0.15, 0.2) is 0 Å². The minimum Gasteiger partial charge on any atom is -0.464 e. The lowest BCUT2D eigenvalue weighted by atomic mass is 10.0. The second-order valence-electron chi connectivity index (χ2n) is 6.00. The summed E-state index contributed by atoms with van der Waals surface area (Å²) < 4.78 is 6.41. The molecule has 0 bridgehead atoms. The summed E-state index contributed by atoms with van der Waals surface area (Å²) in [5, 5.41) is 8.51. The average Bonchev–Trinajstić information content (AvgIpc) is 3.34. The number of hydrogen-bond acceptors (Lipinski definition) is 6. The minimum atomic E-state index is -0.585. The third kappa shape index (κ3) is 3.02. The molecule has 0 unspecified atom stereocenters. The van der Waals surface area contributed by atoms with Crippen LogP contribution >= 0.6 is 11.3 Å². The van der Waals surface area contributed by atoms with Gasteiger partial charge in [0.05, 0.1) is 18.2 Å². The lowest BCUT2D eigenvalue weighted by Gasteiger charge is -2.04. The first-order chi connectivity index (χ1) is 13.1. The molecule has 0 aromatic carbocycles. The number of ether oxygens (including phenoxy) is 1. The Morgan fingerprint density at radius 2 is 1.93 bits per heavy atom. The number of esters is 1. The highest BCUT2D eigenvalue weighted by molar-refractivity contribution is 7.08. The lowest BCUT2D eigenvalue weighted by molar-refractivity contribution is 0.0594. The number of aromatic nitrogens is 3. The Kier molecular flexibility index (Phi) is 4.29. The third-order valence-electron chi connectivity index (χ3n) is 4.18. The summed E-state index contributed by atoms with van der Waals surface area (Å²) in [6.07, 6.45) is 1.88. The van der Waals surface area contributed by atoms with Crippen molar-refractivity contribution in [1.82, 2.24) is 14.6 Å². The first-order valence-corrected chi connectivity index (χ1v) is 9.14. The van der Waals surface area contributed by atoms with Crippen molar-refractivity contribution in [3.05, 3.63) is 75.9 Å². The molecule has 0 aliphatic rings. The Bertz CT molecular complexity index is 1160. The molecule has 0 atom stereocenters. The maximum Gasteiger partial charge on any atom is 0.356 e. The van der Waals surface area contributed by atoms with Crippen LogP contribution in [-0.2, 0) is 4.74 Å². The zero-order chi connectivity index (χ0) is 19.0. The molecule has 0 saturated carbocycles. The molecule has 0 spiro atoms. The van der Waals surface area contributed by atoms with E-state index in [0.717, 1.165) is 11.1 Å². The second kappa shape index (κ2) is 6.77. The van der Waals surface area contributed by atoms with Gasteiger partial charge in [0.1, 0.15) is 17.1 Å². The molecule has 0 aliphatic heterocycles. The second-order valence-corrected chi connectivity index (χ2v) is 6.78. The predicted molar refractivity (Wildman–Crippen MR) is 102 cm³/mol. The normalized spacial score (nSPS) is 10.9. The van der Waals surface area contributed by atoms with Crippen LogP contribution in [0.3, 0.4) is 0 Å². The van der Waals surface area contributed by atoms with Gasteiger partial charge in [0, 0.05) is 17.1 Å². The number of hydrogen-bond donors (Lipinski definition) is 0. The van der Waals surface area contributed by atoms with Crippen molar-refractivity contribution in [2.45, 2.75) is 6.92 Å². The van der Waals surface area contributed by atoms with E-state index in [9.17, 15) is 9.59 Å². The minimum absolute atomic E-state index is 0.0905. The number of aryl methyl sites for hydroxylation is 1. The van der Waals surface area contributed by atoms with Crippen molar-refractivity contribution in [3.63, 3.8) is 0 Å². The zero-order valence-electron chi connectivity index (χ0n) is 14.7. The fraction of sp³-hybridized carbons (Fsp3) is 0.100. The van der Waals surface area contributed by atoms with E-state index in [1.807, 2.05) is 42.1 Å². The van der Waals surface area contributed by atoms with Gasteiger partial charge < -0.3 is 4.74 Å². The molecule has 0 radical (unpaired) electrons. The molecule has 0 aliphatic carbocycles. The Morgan fingerprint density at radius 1 is 1.11 bits per heavy atom. The van der Waals surface area contributed by atoms with Crippen LogP contribution in [-0.4, -0.2) is 33.5 Å². The van der Waals surface area contributed by atoms with Crippen LogP contribution in [0.4, 0.5) is 0 Å². The predicted octanol–water partition coefficient (Wildman–Crippen LogP) is 3.78. The number of carbonyl (C=O) groups is 2. The standard InChI is InChI=1S/C20H15N3O3S/c1-12-6-7-16-17(18(22-23(16)10-12)13-8-9-27-11-13)19(24)14-4-3-5-15(21-14)20(25)26-2/h3-11H,1-2H3. The molecule has 134 valence electrons. The van der Waals surface area contributed by atoms with Gasteiger partial charge in [-0.05, 0) is 42.1 Å². The number of methoxy groups -OCH3 is 1. The van der Waals surface area contributed by atoms with Crippen LogP contribution in [0.15, 0.2) is 53.4 Å². The summed E-state index contributed by atoms with van der Waals surface area (Å²) in [4.78, 5) is 29.3. The van der Waals surface area contributed by atoms with Gasteiger partial charge in [-0.15, -0.1) is 0 Å². The molecule has 0 amide bonds. The number of rotatable bonds is 4. The van der Waals surface area contributed by atoms with E-state index < -0.39 is 5.97 Å². The van der Waals surface area contributed by atoms with E-state index in [4.69, 9.17) is 4.74 Å². The largest absolute Gasteiger partial charge is 0.464 e. The molecule has 4 aromatic rings. The molecule has 0 saturated heterocycles. The molecule has 4 rings (SSSR count). The fourth-order valence-corrected chi connectivity index (χ4v) is 3.53. The highest BCUT2D eigenvalue weighted by Crippen LogP contribution is 2.30. The molecule has 6 nitrogen and oxygen atoms in total. The summed E-state index contributed by atoms with van der Waals surface area (Å²) >= 11 is 1.54. The summed E-state index contributed by atoms with van der Waals surface area (Å²) in [7, 11) is 1.28. The summed E-state index contributed by atoms with van der Waals surface area (Å²) in [5.41, 5.74) is 3.91. The van der Waals surface area contributed by atoms with E-state index in [-0.39, 0.29) is 17.2 Å². The first kappa shape index (κ1) is 17.1. The van der Waals surface area contributed by atoms with Crippen LogP contribution in [0.1, 0.15) is 32.1 Å². The van der Waals surface area contributed by atoms with Crippen molar-refractivity contribution in [2.24, 2.45) is 0 Å². The van der Waals surface area contributed by atoms with Crippen molar-refractivity contribution in [3.8, 4) is 11.3 Å². The smallest absolute Gasteiger partial charge is 0.356 e. The van der Waals surface area contributed by atoms with Crippen molar-refractivity contribution < 1.29 is 14.3 Å². The summed E-state index contributed by atoms with van der Waals surface area (Å²) in [5.74, 6) is -0.876. The van der Waals surface area contributed by atoms with Gasteiger partial charge in [-0.2, -0.15) is 16.4 Å². The Hall–Kier alpha value is -3.32. The Labute approximate surface area is 159 Å². The quantitative estimate of drug-likeness (QED) is 0.400. The third-order valence-corrected chi connectivity index (χ3v) is 4.86. The van der Waals surface area contributed by atoms with E-state index in [2.05, 4.69) is 10.1 Å². The highest BCUT2D eigenvalue weighted by atomic mass is 32.1. The molecule has 4 aromatic heterocycles. The topological polar surface area (TPSA) is 73.6 Å². The Morgan fingerprint density at radius 3 is 2.67 bits per heavy atom. The van der Waals surface area contributed by atoms with E-state index in [1.54, 1.807) is 16.6 Å².